The van der Waals surface area contributed by atoms with Crippen molar-refractivity contribution >= 4 is 32.7 Å². The van der Waals surface area contributed by atoms with Gasteiger partial charge in [0.25, 0.3) is 5.56 Å². The van der Waals surface area contributed by atoms with Gasteiger partial charge in [-0.1, -0.05) is 46.3 Å². The van der Waals surface area contributed by atoms with Crippen molar-refractivity contribution in [1.82, 2.24) is 19.0 Å². The Bertz CT molecular complexity index is 1310. The maximum Gasteiger partial charge on any atom is 0.261 e. The Morgan fingerprint density at radius 3 is 2.74 bits per heavy atom. The van der Waals surface area contributed by atoms with Crippen molar-refractivity contribution in [3.05, 3.63) is 99.3 Å². The Balaban J connectivity index is 1.41. The molecule has 0 aliphatic carbocycles. The smallest absolute Gasteiger partial charge is 0.261 e. The molecule has 0 N–H and O–H groups in total. The molecule has 6 nitrogen and oxygen atoms in total. The van der Waals surface area contributed by atoms with Crippen molar-refractivity contribution in [2.24, 2.45) is 0 Å². The van der Waals surface area contributed by atoms with Gasteiger partial charge >= 0.3 is 0 Å². The third kappa shape index (κ3) is 3.70. The van der Waals surface area contributed by atoms with E-state index in [-0.39, 0.29) is 23.9 Å². The number of benzene rings is 2. The molecular weight excluding hydrogens is 456 g/mol. The van der Waals surface area contributed by atoms with E-state index in [4.69, 9.17) is 0 Å². The van der Waals surface area contributed by atoms with Crippen LogP contribution in [0.1, 0.15) is 23.7 Å². The Labute approximate surface area is 187 Å². The van der Waals surface area contributed by atoms with E-state index in [1.807, 2.05) is 41.3 Å². The number of aryl methyl sites for hydroxylation is 1. The topological polar surface area (TPSA) is 60.1 Å². The summed E-state index contributed by atoms with van der Waals surface area (Å²) >= 11 is 3.41. The molecule has 7 heteroatoms. The predicted octanol–water partition coefficient (Wildman–Crippen LogP) is 3.98. The first-order valence-corrected chi connectivity index (χ1v) is 11.1. The van der Waals surface area contributed by atoms with Crippen LogP contribution in [-0.4, -0.2) is 31.5 Å². The number of hydrogen-bond acceptors (Lipinski definition) is 3. The van der Waals surface area contributed by atoms with Crippen LogP contribution in [0.4, 0.5) is 0 Å². The summed E-state index contributed by atoms with van der Waals surface area (Å²) in [6.45, 7) is 1.70. The SMILES string of the molecule is O=C(CCn1cnc2ccc(Br)cc2c1=O)N1CCn2cccc2[C@@H]1c1ccccc1. The van der Waals surface area contributed by atoms with Crippen LogP contribution in [0.25, 0.3) is 10.9 Å². The minimum atomic E-state index is -0.133. The predicted molar refractivity (Wildman–Crippen MR) is 123 cm³/mol. The van der Waals surface area contributed by atoms with Crippen molar-refractivity contribution in [3.8, 4) is 0 Å². The summed E-state index contributed by atoms with van der Waals surface area (Å²) in [7, 11) is 0. The zero-order valence-electron chi connectivity index (χ0n) is 16.8. The van der Waals surface area contributed by atoms with Crippen LogP contribution in [0.2, 0.25) is 0 Å². The minimum Gasteiger partial charge on any atom is -0.348 e. The average molecular weight is 477 g/mol. The van der Waals surface area contributed by atoms with Gasteiger partial charge in [-0.15, -0.1) is 0 Å². The fourth-order valence-corrected chi connectivity index (χ4v) is 4.65. The van der Waals surface area contributed by atoms with Crippen molar-refractivity contribution < 1.29 is 4.79 Å². The van der Waals surface area contributed by atoms with Gasteiger partial charge in [0.2, 0.25) is 5.91 Å². The molecule has 2 aromatic carbocycles. The molecule has 0 radical (unpaired) electrons. The molecule has 0 fully saturated rings. The second-order valence-electron chi connectivity index (χ2n) is 7.68. The first-order chi connectivity index (χ1) is 15.1. The third-order valence-corrected chi connectivity index (χ3v) is 6.32. The van der Waals surface area contributed by atoms with Crippen LogP contribution in [0.5, 0.6) is 0 Å². The Morgan fingerprint density at radius 1 is 1.06 bits per heavy atom. The molecule has 1 amide bonds. The molecule has 1 aliphatic heterocycles. The number of aromatic nitrogens is 3. The Hall–Kier alpha value is -3.19. The molecule has 0 unspecified atom stereocenters. The number of carbonyl (C=O) groups is 1. The third-order valence-electron chi connectivity index (χ3n) is 5.83. The van der Waals surface area contributed by atoms with Gasteiger partial charge in [0.1, 0.15) is 0 Å². The van der Waals surface area contributed by atoms with Crippen LogP contribution >= 0.6 is 15.9 Å². The first kappa shape index (κ1) is 19.8. The maximum absolute atomic E-state index is 13.3. The zero-order valence-corrected chi connectivity index (χ0v) is 18.4. The monoisotopic (exact) mass is 476 g/mol. The van der Waals surface area contributed by atoms with Gasteiger partial charge in [0.05, 0.1) is 23.3 Å². The quantitative estimate of drug-likeness (QED) is 0.447. The van der Waals surface area contributed by atoms with Crippen molar-refractivity contribution in [3.63, 3.8) is 0 Å². The molecule has 3 heterocycles. The molecule has 5 rings (SSSR count). The Morgan fingerprint density at radius 2 is 1.90 bits per heavy atom. The lowest BCUT2D eigenvalue weighted by molar-refractivity contribution is -0.134. The molecule has 0 saturated carbocycles. The van der Waals surface area contributed by atoms with Crippen molar-refractivity contribution in [1.29, 1.82) is 0 Å². The lowest BCUT2D eigenvalue weighted by Gasteiger charge is -2.37. The van der Waals surface area contributed by atoms with Crippen LogP contribution in [0.15, 0.2) is 82.5 Å². The van der Waals surface area contributed by atoms with Gasteiger partial charge in [-0.05, 0) is 35.9 Å². The summed E-state index contributed by atoms with van der Waals surface area (Å²) in [5.41, 5.74) is 2.72. The highest BCUT2D eigenvalue weighted by atomic mass is 79.9. The average Bonchev–Trinajstić information content (AvgIpc) is 3.27. The fraction of sp³-hybridized carbons (Fsp3) is 0.208. The number of hydrogen-bond donors (Lipinski definition) is 0. The number of nitrogens with zero attached hydrogens (tertiary/aromatic N) is 4. The van der Waals surface area contributed by atoms with Crippen molar-refractivity contribution in [2.45, 2.75) is 25.6 Å². The summed E-state index contributed by atoms with van der Waals surface area (Å²) in [6, 6.07) is 19.5. The molecule has 1 atom stereocenters. The molecule has 156 valence electrons. The first-order valence-electron chi connectivity index (χ1n) is 10.3. The van der Waals surface area contributed by atoms with Crippen LogP contribution in [-0.2, 0) is 17.9 Å². The van der Waals surface area contributed by atoms with E-state index in [1.54, 1.807) is 6.07 Å². The summed E-state index contributed by atoms with van der Waals surface area (Å²) in [4.78, 5) is 32.5. The molecule has 0 bridgehead atoms. The second-order valence-corrected chi connectivity index (χ2v) is 8.60. The van der Waals surface area contributed by atoms with Gasteiger partial charge < -0.3 is 9.47 Å². The standard InChI is InChI=1S/C24H21BrN4O2/c25-18-8-9-20-19(15-18)24(31)28(16-26-20)12-10-22(30)29-14-13-27-11-4-7-21(27)23(29)17-5-2-1-3-6-17/h1-9,11,15-16,23H,10,12-14H2/t23-/m0/s1. The van der Waals surface area contributed by atoms with Gasteiger partial charge in [-0.2, -0.15) is 0 Å². The molecule has 2 aromatic heterocycles. The van der Waals surface area contributed by atoms with E-state index in [9.17, 15) is 9.59 Å². The lowest BCUT2D eigenvalue weighted by Crippen LogP contribution is -2.42. The highest BCUT2D eigenvalue weighted by molar-refractivity contribution is 9.10. The van der Waals surface area contributed by atoms with E-state index in [0.29, 0.717) is 24.0 Å². The van der Waals surface area contributed by atoms with Gasteiger partial charge in [-0.25, -0.2) is 4.98 Å². The van der Waals surface area contributed by atoms with E-state index in [1.165, 1.54) is 10.9 Å². The summed E-state index contributed by atoms with van der Waals surface area (Å²) < 4.78 is 4.56. The largest absolute Gasteiger partial charge is 0.348 e. The van der Waals surface area contributed by atoms with E-state index >= 15 is 0 Å². The van der Waals surface area contributed by atoms with Gasteiger partial charge in [-0.3, -0.25) is 14.2 Å². The number of amides is 1. The van der Waals surface area contributed by atoms with E-state index < -0.39 is 0 Å². The zero-order chi connectivity index (χ0) is 21.4. The normalized spacial score (nSPS) is 15.8. The van der Waals surface area contributed by atoms with Gasteiger partial charge in [0.15, 0.2) is 0 Å². The summed E-state index contributed by atoms with van der Waals surface area (Å²) in [5.74, 6) is 0.0301. The van der Waals surface area contributed by atoms with Crippen LogP contribution in [0, 0.1) is 0 Å². The molecule has 0 spiro atoms. The highest BCUT2D eigenvalue weighted by Crippen LogP contribution is 2.32. The number of halogens is 1. The van der Waals surface area contributed by atoms with Crippen LogP contribution in [0.3, 0.4) is 0 Å². The molecule has 31 heavy (non-hydrogen) atoms. The minimum absolute atomic E-state index is 0.0301. The lowest BCUT2D eigenvalue weighted by atomic mass is 9.99. The highest BCUT2D eigenvalue weighted by Gasteiger charge is 2.31. The number of carbonyl (C=O) groups excluding carboxylic acids is 1. The van der Waals surface area contributed by atoms with E-state index in [0.717, 1.165) is 22.3 Å². The summed E-state index contributed by atoms with van der Waals surface area (Å²) in [6.07, 6.45) is 3.83. The van der Waals surface area contributed by atoms with Gasteiger partial charge in [0, 0.05) is 42.4 Å². The second kappa shape index (κ2) is 8.15. The molecular formula is C24H21BrN4O2. The number of fused-ring (bicyclic) bond motifs is 2. The molecule has 0 saturated heterocycles. The van der Waals surface area contributed by atoms with E-state index in [2.05, 4.69) is 49.9 Å². The fourth-order valence-electron chi connectivity index (χ4n) is 4.29. The number of rotatable bonds is 4. The Kier molecular flexibility index (Phi) is 5.19. The molecule has 4 aromatic rings. The van der Waals surface area contributed by atoms with Crippen molar-refractivity contribution in [2.75, 3.05) is 6.54 Å². The molecule has 1 aliphatic rings. The summed E-state index contributed by atoms with van der Waals surface area (Å²) in [5, 5.41) is 0.544. The van der Waals surface area contributed by atoms with Crippen LogP contribution < -0.4 is 5.56 Å². The maximum atomic E-state index is 13.3.